The molecule has 11 rings (SSSR count). The number of aromatic nitrogens is 2. The van der Waals surface area contributed by atoms with Gasteiger partial charge in [0.25, 0.3) is 0 Å². The van der Waals surface area contributed by atoms with Crippen molar-refractivity contribution in [1.82, 2.24) is 9.13 Å². The second-order valence-electron chi connectivity index (χ2n) is 13.4. The fourth-order valence-electron chi connectivity index (χ4n) is 8.88. The van der Waals surface area contributed by atoms with Gasteiger partial charge in [-0.15, -0.1) is 0 Å². The first-order valence-corrected chi connectivity index (χ1v) is 17.4. The first-order valence-electron chi connectivity index (χ1n) is 17.4. The normalized spacial score (nSPS) is 11.8. The first-order chi connectivity index (χ1) is 25.8. The van der Waals surface area contributed by atoms with Crippen LogP contribution in [0.2, 0.25) is 0 Å². The lowest BCUT2D eigenvalue weighted by molar-refractivity contribution is 1.13. The Morgan fingerprint density at radius 3 is 1.31 bits per heavy atom. The molecule has 238 valence electrons. The van der Waals surface area contributed by atoms with E-state index in [1.807, 2.05) is 6.07 Å². The smallest absolute Gasteiger partial charge is 0.208 e. The highest BCUT2D eigenvalue weighted by molar-refractivity contribution is 6.33. The molecule has 9 aromatic carbocycles. The Kier molecular flexibility index (Phi) is 5.77. The molecule has 0 fully saturated rings. The first kappa shape index (κ1) is 28.4. The number of nitriles is 1. The van der Waals surface area contributed by atoms with Gasteiger partial charge in [0.2, 0.25) is 5.69 Å². The summed E-state index contributed by atoms with van der Waals surface area (Å²) in [4.78, 5) is 4.03. The van der Waals surface area contributed by atoms with Crippen LogP contribution in [0.25, 0.3) is 103 Å². The third-order valence-electron chi connectivity index (χ3n) is 10.9. The zero-order valence-corrected chi connectivity index (χ0v) is 27.8. The summed E-state index contributed by atoms with van der Waals surface area (Å²) in [5.41, 5.74) is 6.35. The van der Waals surface area contributed by atoms with Crippen LogP contribution in [0.1, 0.15) is 5.56 Å². The van der Waals surface area contributed by atoms with Gasteiger partial charge in [-0.2, -0.15) is 5.26 Å². The Hall–Kier alpha value is -7.40. The van der Waals surface area contributed by atoms with E-state index in [0.717, 1.165) is 65.5 Å². The SMILES string of the molecule is [C-]#[N+]c1cc(-n2c3ccccc3c3c4ccccc4c4ccccc4c32)cc(-n2c3ccccc3c3c4ccccc4c4ccccc4c32)c1C#N. The summed E-state index contributed by atoms with van der Waals surface area (Å²) < 4.78 is 4.54. The van der Waals surface area contributed by atoms with Crippen LogP contribution in [0.3, 0.4) is 0 Å². The minimum atomic E-state index is 0.321. The van der Waals surface area contributed by atoms with Crippen LogP contribution in [0.15, 0.2) is 158 Å². The van der Waals surface area contributed by atoms with Crippen LogP contribution < -0.4 is 0 Å². The van der Waals surface area contributed by atoms with Crippen molar-refractivity contribution >= 4 is 92.4 Å². The van der Waals surface area contributed by atoms with Crippen LogP contribution in [0, 0.1) is 17.9 Å². The lowest BCUT2D eigenvalue weighted by Crippen LogP contribution is -2.02. The molecule has 2 heterocycles. The van der Waals surface area contributed by atoms with E-state index in [1.54, 1.807) is 0 Å². The lowest BCUT2D eigenvalue weighted by Gasteiger charge is -2.17. The van der Waals surface area contributed by atoms with Crippen molar-refractivity contribution in [3.05, 3.63) is 175 Å². The molecule has 0 radical (unpaired) electrons. The minimum absolute atomic E-state index is 0.321. The number of hydrogen-bond donors (Lipinski definition) is 0. The fourth-order valence-corrected chi connectivity index (χ4v) is 8.88. The van der Waals surface area contributed by atoms with E-state index in [0.29, 0.717) is 16.9 Å². The molecule has 52 heavy (non-hydrogen) atoms. The molecular formula is C48H26N4. The van der Waals surface area contributed by atoms with Crippen molar-refractivity contribution in [3.8, 4) is 17.4 Å². The molecule has 0 atom stereocenters. The maximum absolute atomic E-state index is 10.9. The van der Waals surface area contributed by atoms with E-state index in [-0.39, 0.29) is 0 Å². The summed E-state index contributed by atoms with van der Waals surface area (Å²) in [5.74, 6) is 0. The van der Waals surface area contributed by atoms with E-state index >= 15 is 0 Å². The Bertz CT molecular complexity index is 3440. The highest BCUT2D eigenvalue weighted by atomic mass is 15.0. The zero-order valence-electron chi connectivity index (χ0n) is 27.8. The van der Waals surface area contributed by atoms with Gasteiger partial charge in [-0.3, -0.25) is 0 Å². The predicted molar refractivity (Wildman–Crippen MR) is 216 cm³/mol. The van der Waals surface area contributed by atoms with Gasteiger partial charge in [0.05, 0.1) is 46.0 Å². The van der Waals surface area contributed by atoms with E-state index in [9.17, 15) is 5.26 Å². The third kappa shape index (κ3) is 3.63. The number of fused-ring (bicyclic) bond motifs is 16. The monoisotopic (exact) mass is 658 g/mol. The molecule has 0 N–H and O–H groups in total. The van der Waals surface area contributed by atoms with Crippen LogP contribution in [0.5, 0.6) is 0 Å². The van der Waals surface area contributed by atoms with Crippen molar-refractivity contribution in [3.63, 3.8) is 0 Å². The van der Waals surface area contributed by atoms with E-state index < -0.39 is 0 Å². The molecule has 4 heteroatoms. The molecule has 0 spiro atoms. The molecule has 0 saturated heterocycles. The number of para-hydroxylation sites is 2. The molecule has 2 aromatic heterocycles. The van der Waals surface area contributed by atoms with Gasteiger partial charge in [-0.05, 0) is 56.6 Å². The topological polar surface area (TPSA) is 38.0 Å². The van der Waals surface area contributed by atoms with Crippen LogP contribution in [-0.4, -0.2) is 9.13 Å². The average molecular weight is 659 g/mol. The molecule has 4 nitrogen and oxygen atoms in total. The highest BCUT2D eigenvalue weighted by Crippen LogP contribution is 2.46. The molecule has 0 saturated carbocycles. The maximum atomic E-state index is 10.9. The van der Waals surface area contributed by atoms with E-state index in [1.165, 1.54) is 26.9 Å². The summed E-state index contributed by atoms with van der Waals surface area (Å²) in [7, 11) is 0. The lowest BCUT2D eigenvalue weighted by atomic mass is 9.96. The van der Waals surface area contributed by atoms with Crippen molar-refractivity contribution in [2.75, 3.05) is 0 Å². The molecular weight excluding hydrogens is 633 g/mol. The van der Waals surface area contributed by atoms with Gasteiger partial charge in [0.1, 0.15) is 0 Å². The number of nitrogens with zero attached hydrogens (tertiary/aromatic N) is 4. The Balaban J connectivity index is 1.37. The average Bonchev–Trinajstić information content (AvgIpc) is 3.75. The summed E-state index contributed by atoms with van der Waals surface area (Å²) in [5, 5.41) is 24.7. The van der Waals surface area contributed by atoms with Gasteiger partial charge < -0.3 is 9.13 Å². The van der Waals surface area contributed by atoms with Gasteiger partial charge in [0, 0.05) is 38.0 Å². The molecule has 0 unspecified atom stereocenters. The number of rotatable bonds is 2. The van der Waals surface area contributed by atoms with Crippen molar-refractivity contribution < 1.29 is 0 Å². The van der Waals surface area contributed by atoms with Crippen molar-refractivity contribution in [1.29, 1.82) is 5.26 Å². The van der Waals surface area contributed by atoms with E-state index in [4.69, 9.17) is 6.57 Å². The Morgan fingerprint density at radius 1 is 0.442 bits per heavy atom. The second kappa shape index (κ2) is 10.6. The molecule has 0 bridgehead atoms. The standard InChI is InChI=1S/C48H26N4/c1-50-41-26-29(51-42-24-12-10-22-38(42)45-34-18-6-2-14-30(34)32-16-4-8-20-36(32)47(45)51)27-44(40(41)28-49)52-43-25-13-11-23-39(43)46-35-19-7-3-15-31(35)33-17-5-9-21-37(33)48(46)52/h2-27H. The second-order valence-corrected chi connectivity index (χ2v) is 13.4. The van der Waals surface area contributed by atoms with Gasteiger partial charge >= 0.3 is 0 Å². The summed E-state index contributed by atoms with van der Waals surface area (Å²) in [6, 6.07) is 57.8. The molecule has 0 aliphatic rings. The van der Waals surface area contributed by atoms with Gasteiger partial charge in [-0.1, -0.05) is 133 Å². The van der Waals surface area contributed by atoms with Crippen LogP contribution >= 0.6 is 0 Å². The largest absolute Gasteiger partial charge is 0.310 e. The number of hydrogen-bond acceptors (Lipinski definition) is 1. The van der Waals surface area contributed by atoms with E-state index in [2.05, 4.69) is 172 Å². The quantitative estimate of drug-likeness (QED) is 0.135. The summed E-state index contributed by atoms with van der Waals surface area (Å²) in [6.45, 7) is 8.42. The fraction of sp³-hybridized carbons (Fsp3) is 0. The van der Waals surface area contributed by atoms with Gasteiger partial charge in [0.15, 0.2) is 0 Å². The third-order valence-corrected chi connectivity index (χ3v) is 10.9. The number of benzene rings is 9. The van der Waals surface area contributed by atoms with Crippen molar-refractivity contribution in [2.24, 2.45) is 0 Å². The van der Waals surface area contributed by atoms with Crippen LogP contribution in [-0.2, 0) is 0 Å². The minimum Gasteiger partial charge on any atom is -0.310 e. The molecule has 0 aliphatic heterocycles. The molecule has 0 amide bonds. The maximum Gasteiger partial charge on any atom is 0.208 e. The predicted octanol–water partition coefficient (Wildman–Crippen LogP) is 12.9. The zero-order chi connectivity index (χ0) is 34.5. The van der Waals surface area contributed by atoms with Crippen LogP contribution in [0.4, 0.5) is 5.69 Å². The molecule has 11 aromatic rings. The van der Waals surface area contributed by atoms with Gasteiger partial charge in [-0.25, -0.2) is 4.85 Å². The summed E-state index contributed by atoms with van der Waals surface area (Å²) in [6.07, 6.45) is 0. The summed E-state index contributed by atoms with van der Waals surface area (Å²) >= 11 is 0. The Morgan fingerprint density at radius 2 is 0.827 bits per heavy atom. The van der Waals surface area contributed by atoms with Crippen molar-refractivity contribution in [2.45, 2.75) is 0 Å². The Labute approximate surface area is 298 Å². The molecule has 0 aliphatic carbocycles. The highest BCUT2D eigenvalue weighted by Gasteiger charge is 2.24.